The first-order valence-corrected chi connectivity index (χ1v) is 8.82. The smallest absolute Gasteiger partial charge is 0.283 e. The van der Waals surface area contributed by atoms with Gasteiger partial charge in [-0.2, -0.15) is 10.1 Å². The lowest BCUT2D eigenvalue weighted by Gasteiger charge is -2.31. The molecule has 0 aliphatic carbocycles. The molecule has 0 aromatic heterocycles. The number of nitrogens with zero attached hydrogens (tertiary/aromatic N) is 3. The second-order valence-electron chi connectivity index (χ2n) is 6.08. The predicted octanol–water partition coefficient (Wildman–Crippen LogP) is 3.19. The van der Waals surface area contributed by atoms with Crippen molar-refractivity contribution in [3.05, 3.63) is 68.7 Å². The first kappa shape index (κ1) is 19.0. The molecule has 1 aliphatic heterocycles. The largest absolute Gasteiger partial charge is 0.484 e. The summed E-state index contributed by atoms with van der Waals surface area (Å²) >= 11 is 3.34. The van der Waals surface area contributed by atoms with Crippen LogP contribution < -0.4 is 4.74 Å². The molecule has 1 heterocycles. The summed E-state index contributed by atoms with van der Waals surface area (Å²) in [6.07, 6.45) is 0.192. The molecule has 3 rings (SSSR count). The highest BCUT2D eigenvalue weighted by atomic mass is 79.9. The molecule has 1 aliphatic rings. The van der Waals surface area contributed by atoms with Crippen molar-refractivity contribution in [2.75, 3.05) is 6.61 Å². The number of nitro benzene ring substituents is 1. The molecule has 1 atom stereocenters. The first-order chi connectivity index (χ1) is 12.8. The van der Waals surface area contributed by atoms with Crippen molar-refractivity contribution < 1.29 is 19.6 Å². The molecule has 0 fully saturated rings. The average Bonchev–Trinajstić information content (AvgIpc) is 2.96. The van der Waals surface area contributed by atoms with Gasteiger partial charge in [0.1, 0.15) is 5.75 Å². The molecule has 0 spiro atoms. The van der Waals surface area contributed by atoms with Crippen molar-refractivity contribution in [3.63, 3.8) is 0 Å². The van der Waals surface area contributed by atoms with E-state index in [0.29, 0.717) is 17.0 Å². The standard InChI is InChI=1S/C18H16BrN3O5/c1-12-10-18(24,13-2-4-14(19)5-3-13)21(20-12)17(23)11-27-16-8-6-15(7-9-16)22(25)26/h2-9,24H,10-11H2,1H3/t18-/m0/s1. The highest BCUT2D eigenvalue weighted by Crippen LogP contribution is 2.35. The molecule has 9 heteroatoms. The highest BCUT2D eigenvalue weighted by molar-refractivity contribution is 9.10. The SMILES string of the molecule is CC1=NN(C(=O)COc2ccc([N+](=O)[O-])cc2)[C@@](O)(c2ccc(Br)cc2)C1. The lowest BCUT2D eigenvalue weighted by molar-refractivity contribution is -0.384. The van der Waals surface area contributed by atoms with Crippen molar-refractivity contribution in [2.45, 2.75) is 19.1 Å². The minimum Gasteiger partial charge on any atom is -0.484 e. The number of hydrazone groups is 1. The lowest BCUT2D eigenvalue weighted by Crippen LogP contribution is -2.45. The van der Waals surface area contributed by atoms with Gasteiger partial charge < -0.3 is 9.84 Å². The van der Waals surface area contributed by atoms with Gasteiger partial charge in [0.15, 0.2) is 12.3 Å². The number of hydrogen-bond acceptors (Lipinski definition) is 6. The summed E-state index contributed by atoms with van der Waals surface area (Å²) in [5.74, 6) is -0.225. The molecular weight excluding hydrogens is 418 g/mol. The number of carbonyl (C=O) groups is 1. The third kappa shape index (κ3) is 3.99. The van der Waals surface area contributed by atoms with E-state index >= 15 is 0 Å². The molecule has 1 amide bonds. The van der Waals surface area contributed by atoms with E-state index in [1.807, 2.05) is 0 Å². The van der Waals surface area contributed by atoms with Gasteiger partial charge in [0.25, 0.3) is 11.6 Å². The zero-order valence-electron chi connectivity index (χ0n) is 14.3. The van der Waals surface area contributed by atoms with E-state index in [1.165, 1.54) is 24.3 Å². The molecule has 0 bridgehead atoms. The van der Waals surface area contributed by atoms with E-state index in [1.54, 1.807) is 31.2 Å². The van der Waals surface area contributed by atoms with Crippen LogP contribution in [0.3, 0.4) is 0 Å². The van der Waals surface area contributed by atoms with Crippen LogP contribution in [0.1, 0.15) is 18.9 Å². The molecule has 1 N–H and O–H groups in total. The topological polar surface area (TPSA) is 105 Å². The van der Waals surface area contributed by atoms with Gasteiger partial charge in [-0.1, -0.05) is 28.1 Å². The Morgan fingerprint density at radius 1 is 1.30 bits per heavy atom. The van der Waals surface area contributed by atoms with E-state index in [2.05, 4.69) is 21.0 Å². The normalized spacial score (nSPS) is 18.9. The number of hydrogen-bond donors (Lipinski definition) is 1. The van der Waals surface area contributed by atoms with Crippen molar-refractivity contribution in [2.24, 2.45) is 5.10 Å². The number of halogens is 1. The number of rotatable bonds is 5. The third-order valence-electron chi connectivity index (χ3n) is 4.08. The highest BCUT2D eigenvalue weighted by Gasteiger charge is 2.44. The van der Waals surface area contributed by atoms with Crippen LogP contribution in [0.2, 0.25) is 0 Å². The average molecular weight is 434 g/mol. The van der Waals surface area contributed by atoms with Crippen molar-refractivity contribution in [3.8, 4) is 5.75 Å². The van der Waals surface area contributed by atoms with Gasteiger partial charge in [0.2, 0.25) is 0 Å². The predicted molar refractivity (Wildman–Crippen MR) is 101 cm³/mol. The molecule has 2 aromatic rings. The number of aliphatic hydroxyl groups is 1. The minimum absolute atomic E-state index is 0.0712. The van der Waals surface area contributed by atoms with Crippen molar-refractivity contribution >= 4 is 33.2 Å². The summed E-state index contributed by atoms with van der Waals surface area (Å²) in [6.45, 7) is 1.36. The molecule has 0 saturated carbocycles. The van der Waals surface area contributed by atoms with Gasteiger partial charge in [-0.25, -0.2) is 0 Å². The summed E-state index contributed by atoms with van der Waals surface area (Å²) in [7, 11) is 0. The van der Waals surface area contributed by atoms with Crippen LogP contribution in [0, 0.1) is 10.1 Å². The molecule has 0 unspecified atom stereocenters. The van der Waals surface area contributed by atoms with Crippen molar-refractivity contribution in [1.82, 2.24) is 5.01 Å². The van der Waals surface area contributed by atoms with E-state index in [-0.39, 0.29) is 18.7 Å². The fourth-order valence-corrected chi connectivity index (χ4v) is 3.06. The maximum atomic E-state index is 12.6. The molecule has 27 heavy (non-hydrogen) atoms. The third-order valence-corrected chi connectivity index (χ3v) is 4.60. The maximum absolute atomic E-state index is 12.6. The van der Waals surface area contributed by atoms with Crippen LogP contribution >= 0.6 is 15.9 Å². The Hall–Kier alpha value is -2.78. The van der Waals surface area contributed by atoms with E-state index in [4.69, 9.17) is 4.74 Å². The van der Waals surface area contributed by atoms with Crippen LogP contribution in [0.4, 0.5) is 5.69 Å². The monoisotopic (exact) mass is 433 g/mol. The van der Waals surface area contributed by atoms with Gasteiger partial charge in [-0.15, -0.1) is 0 Å². The second-order valence-corrected chi connectivity index (χ2v) is 7.00. The molecule has 0 saturated heterocycles. The number of carbonyl (C=O) groups excluding carboxylic acids is 1. The van der Waals surface area contributed by atoms with Crippen LogP contribution in [-0.4, -0.2) is 33.3 Å². The quantitative estimate of drug-likeness (QED) is 0.575. The van der Waals surface area contributed by atoms with Crippen LogP contribution in [0.5, 0.6) is 5.75 Å². The van der Waals surface area contributed by atoms with E-state index in [9.17, 15) is 20.0 Å². The number of nitro groups is 1. The number of non-ortho nitro benzene ring substituents is 1. The second kappa shape index (κ2) is 7.45. The van der Waals surface area contributed by atoms with Gasteiger partial charge >= 0.3 is 0 Å². The first-order valence-electron chi connectivity index (χ1n) is 8.02. The zero-order chi connectivity index (χ0) is 19.6. The molecular formula is C18H16BrN3O5. The lowest BCUT2D eigenvalue weighted by atomic mass is 9.98. The Morgan fingerprint density at radius 3 is 2.52 bits per heavy atom. The molecule has 2 aromatic carbocycles. The Kier molecular flexibility index (Phi) is 5.24. The molecule has 0 radical (unpaired) electrons. The number of benzene rings is 2. The maximum Gasteiger partial charge on any atom is 0.283 e. The van der Waals surface area contributed by atoms with Gasteiger partial charge in [0, 0.05) is 34.3 Å². The van der Waals surface area contributed by atoms with Crippen LogP contribution in [-0.2, 0) is 10.5 Å². The Morgan fingerprint density at radius 2 is 1.93 bits per heavy atom. The van der Waals surface area contributed by atoms with Gasteiger partial charge in [0.05, 0.1) is 4.92 Å². The summed E-state index contributed by atoms with van der Waals surface area (Å²) in [5.41, 5.74) is -0.502. The van der Waals surface area contributed by atoms with E-state index < -0.39 is 16.6 Å². The summed E-state index contributed by atoms with van der Waals surface area (Å²) in [5, 5.41) is 26.9. The minimum atomic E-state index is -1.58. The molecule has 8 nitrogen and oxygen atoms in total. The Bertz CT molecular complexity index is 898. The Labute approximate surface area is 163 Å². The number of amides is 1. The van der Waals surface area contributed by atoms with Gasteiger partial charge in [-0.3, -0.25) is 14.9 Å². The zero-order valence-corrected chi connectivity index (χ0v) is 15.9. The molecule has 140 valence electrons. The van der Waals surface area contributed by atoms with Crippen LogP contribution in [0.15, 0.2) is 58.1 Å². The number of ether oxygens (including phenoxy) is 1. The summed E-state index contributed by atoms with van der Waals surface area (Å²) < 4.78 is 6.25. The van der Waals surface area contributed by atoms with Crippen molar-refractivity contribution in [1.29, 1.82) is 0 Å². The summed E-state index contributed by atoms with van der Waals surface area (Å²) in [6, 6.07) is 12.4. The fraction of sp³-hybridized carbons (Fsp3) is 0.222. The van der Waals surface area contributed by atoms with Crippen LogP contribution in [0.25, 0.3) is 0 Å². The summed E-state index contributed by atoms with van der Waals surface area (Å²) in [4.78, 5) is 22.8. The Balaban J connectivity index is 1.73. The fourth-order valence-electron chi connectivity index (χ4n) is 2.79. The van der Waals surface area contributed by atoms with Gasteiger partial charge in [-0.05, 0) is 31.2 Å². The van der Waals surface area contributed by atoms with E-state index in [0.717, 1.165) is 9.48 Å².